The third-order valence-corrected chi connectivity index (χ3v) is 8.65. The van der Waals surface area contributed by atoms with Crippen LogP contribution < -0.4 is 0 Å². The predicted octanol–water partition coefficient (Wildman–Crippen LogP) is 1.78. The molecule has 144 valence electrons. The second-order valence-corrected chi connectivity index (χ2v) is 9.56. The van der Waals surface area contributed by atoms with E-state index < -0.39 is 29.5 Å². The standard InChI is InChI=1S/C21H30O5/c1-19-7-5-13(23)9-12(19)3-4-14-15-6-8-21(26,17(25)11-22)20(15,2)10-16(24)18(14)19/h9,14-16,18,22,24,26H,3-8,10-11H2,1-2H3/t14-,15+,16-,18-,19+,20-,21-/m1/s1. The zero-order valence-electron chi connectivity index (χ0n) is 15.7. The maximum Gasteiger partial charge on any atom is 0.190 e. The van der Waals surface area contributed by atoms with Crippen molar-refractivity contribution >= 4 is 11.6 Å². The summed E-state index contributed by atoms with van der Waals surface area (Å²) in [5.41, 5.74) is -1.23. The van der Waals surface area contributed by atoms with Crippen molar-refractivity contribution in [3.63, 3.8) is 0 Å². The van der Waals surface area contributed by atoms with E-state index in [1.165, 1.54) is 5.57 Å². The Morgan fingerprint density at radius 2 is 1.96 bits per heavy atom. The second-order valence-electron chi connectivity index (χ2n) is 9.56. The molecule has 0 heterocycles. The molecular weight excluding hydrogens is 332 g/mol. The normalized spacial score (nSPS) is 50.5. The molecule has 0 spiro atoms. The van der Waals surface area contributed by atoms with Gasteiger partial charge in [-0.1, -0.05) is 19.4 Å². The van der Waals surface area contributed by atoms with E-state index in [-0.39, 0.29) is 29.0 Å². The Balaban J connectivity index is 1.74. The highest BCUT2D eigenvalue weighted by Gasteiger charge is 2.68. The molecule has 0 aromatic rings. The van der Waals surface area contributed by atoms with Gasteiger partial charge in [0.25, 0.3) is 0 Å². The fraction of sp³-hybridized carbons (Fsp3) is 0.810. The summed E-state index contributed by atoms with van der Waals surface area (Å²) in [5, 5.41) is 31.7. The number of aliphatic hydroxyl groups is 3. The molecule has 0 aromatic carbocycles. The van der Waals surface area contributed by atoms with Crippen molar-refractivity contribution < 1.29 is 24.9 Å². The molecule has 0 bridgehead atoms. The Bertz CT molecular complexity index is 684. The smallest absolute Gasteiger partial charge is 0.190 e. The van der Waals surface area contributed by atoms with Crippen molar-refractivity contribution in [3.05, 3.63) is 11.6 Å². The Morgan fingerprint density at radius 3 is 2.65 bits per heavy atom. The molecule has 3 N–H and O–H groups in total. The van der Waals surface area contributed by atoms with E-state index >= 15 is 0 Å². The van der Waals surface area contributed by atoms with Gasteiger partial charge in [0, 0.05) is 11.8 Å². The van der Waals surface area contributed by atoms with E-state index in [2.05, 4.69) is 6.92 Å². The maximum absolute atomic E-state index is 12.4. The van der Waals surface area contributed by atoms with Gasteiger partial charge < -0.3 is 15.3 Å². The average Bonchev–Trinajstić information content (AvgIpc) is 2.86. The van der Waals surface area contributed by atoms with Gasteiger partial charge in [-0.25, -0.2) is 0 Å². The molecule has 4 aliphatic rings. The maximum atomic E-state index is 12.4. The first-order chi connectivity index (χ1) is 12.2. The van der Waals surface area contributed by atoms with E-state index in [0.29, 0.717) is 19.3 Å². The van der Waals surface area contributed by atoms with Gasteiger partial charge in [0.15, 0.2) is 11.6 Å². The van der Waals surface area contributed by atoms with Gasteiger partial charge in [-0.3, -0.25) is 9.59 Å². The summed E-state index contributed by atoms with van der Waals surface area (Å²) in [4.78, 5) is 24.3. The monoisotopic (exact) mass is 362 g/mol. The highest BCUT2D eigenvalue weighted by Crippen LogP contribution is 2.67. The van der Waals surface area contributed by atoms with Crippen LogP contribution in [-0.2, 0) is 9.59 Å². The zero-order chi connectivity index (χ0) is 18.9. The minimum atomic E-state index is -1.54. The van der Waals surface area contributed by atoms with Crippen molar-refractivity contribution in [3.8, 4) is 0 Å². The van der Waals surface area contributed by atoms with Gasteiger partial charge in [-0.05, 0) is 67.8 Å². The molecule has 3 saturated carbocycles. The van der Waals surface area contributed by atoms with Crippen LogP contribution in [0, 0.1) is 28.6 Å². The van der Waals surface area contributed by atoms with Crippen molar-refractivity contribution in [2.45, 2.75) is 70.5 Å². The number of carbonyl (C=O) groups excluding carboxylic acids is 2. The minimum Gasteiger partial charge on any atom is -0.393 e. The average molecular weight is 362 g/mol. The minimum absolute atomic E-state index is 0.0697. The van der Waals surface area contributed by atoms with Crippen molar-refractivity contribution in [2.24, 2.45) is 28.6 Å². The van der Waals surface area contributed by atoms with Crippen LogP contribution in [-0.4, -0.2) is 45.2 Å². The molecule has 4 rings (SSSR count). The second kappa shape index (κ2) is 5.73. The fourth-order valence-electron chi connectivity index (χ4n) is 7.28. The van der Waals surface area contributed by atoms with Crippen LogP contribution in [0.1, 0.15) is 58.8 Å². The lowest BCUT2D eigenvalue weighted by Gasteiger charge is -2.60. The van der Waals surface area contributed by atoms with Crippen LogP contribution >= 0.6 is 0 Å². The summed E-state index contributed by atoms with van der Waals surface area (Å²) in [5.74, 6) is 0.140. The summed E-state index contributed by atoms with van der Waals surface area (Å²) in [7, 11) is 0. The first-order valence-electron chi connectivity index (χ1n) is 9.96. The largest absolute Gasteiger partial charge is 0.393 e. The first-order valence-corrected chi connectivity index (χ1v) is 9.96. The van der Waals surface area contributed by atoms with Gasteiger partial charge in [0.1, 0.15) is 12.2 Å². The third-order valence-electron chi connectivity index (χ3n) is 8.65. The molecule has 3 fully saturated rings. The summed E-state index contributed by atoms with van der Waals surface area (Å²) < 4.78 is 0. The molecule has 7 atom stereocenters. The van der Waals surface area contributed by atoms with Crippen LogP contribution in [0.5, 0.6) is 0 Å². The van der Waals surface area contributed by atoms with Gasteiger partial charge in [-0.2, -0.15) is 0 Å². The molecule has 0 radical (unpaired) electrons. The van der Waals surface area contributed by atoms with Crippen molar-refractivity contribution in [1.29, 1.82) is 0 Å². The molecule has 26 heavy (non-hydrogen) atoms. The Kier molecular flexibility index (Phi) is 4.04. The number of rotatable bonds is 2. The fourth-order valence-corrected chi connectivity index (χ4v) is 7.28. The van der Waals surface area contributed by atoms with E-state index in [4.69, 9.17) is 0 Å². The summed E-state index contributed by atoms with van der Waals surface area (Å²) in [6.45, 7) is 3.46. The van der Waals surface area contributed by atoms with E-state index in [1.807, 2.05) is 6.92 Å². The van der Waals surface area contributed by atoms with Crippen LogP contribution in [0.15, 0.2) is 11.6 Å². The van der Waals surface area contributed by atoms with Gasteiger partial charge in [-0.15, -0.1) is 0 Å². The molecule has 0 unspecified atom stereocenters. The highest BCUT2D eigenvalue weighted by atomic mass is 16.3. The summed E-state index contributed by atoms with van der Waals surface area (Å²) in [6.07, 6.45) is 5.74. The summed E-state index contributed by atoms with van der Waals surface area (Å²) >= 11 is 0. The van der Waals surface area contributed by atoms with Gasteiger partial charge in [0.2, 0.25) is 0 Å². The Morgan fingerprint density at radius 1 is 1.23 bits per heavy atom. The van der Waals surface area contributed by atoms with Crippen LogP contribution in [0.3, 0.4) is 0 Å². The van der Waals surface area contributed by atoms with Gasteiger partial charge >= 0.3 is 0 Å². The zero-order valence-corrected chi connectivity index (χ0v) is 15.7. The third kappa shape index (κ3) is 2.14. The highest BCUT2D eigenvalue weighted by molar-refractivity contribution is 5.91. The number of carbonyl (C=O) groups is 2. The molecule has 5 heteroatoms. The summed E-state index contributed by atoms with van der Waals surface area (Å²) in [6, 6.07) is 0. The molecule has 0 aromatic heterocycles. The number of hydrogen-bond acceptors (Lipinski definition) is 5. The molecule has 0 amide bonds. The lowest BCUT2D eigenvalue weighted by molar-refractivity contribution is -0.182. The van der Waals surface area contributed by atoms with Crippen molar-refractivity contribution in [1.82, 2.24) is 0 Å². The Hall–Kier alpha value is -1.04. The SMILES string of the molecule is C[C@]12CCC(=O)C=C1CC[C@H]1[C@@H]2[C@H](O)C[C@]2(C)[C@H]1CC[C@@]2(O)C(=O)CO. The quantitative estimate of drug-likeness (QED) is 0.696. The van der Waals surface area contributed by atoms with E-state index in [1.54, 1.807) is 6.08 Å². The number of hydrogen-bond donors (Lipinski definition) is 3. The van der Waals surface area contributed by atoms with Crippen molar-refractivity contribution in [2.75, 3.05) is 6.61 Å². The molecule has 5 nitrogen and oxygen atoms in total. The number of aliphatic hydroxyl groups excluding tert-OH is 2. The van der Waals surface area contributed by atoms with Crippen LogP contribution in [0.25, 0.3) is 0 Å². The number of fused-ring (bicyclic) bond motifs is 5. The van der Waals surface area contributed by atoms with E-state index in [0.717, 1.165) is 25.7 Å². The van der Waals surface area contributed by atoms with Gasteiger partial charge in [0.05, 0.1) is 6.10 Å². The molecule has 0 aliphatic heterocycles. The predicted molar refractivity (Wildman–Crippen MR) is 95.1 cm³/mol. The number of Topliss-reactive ketones (excluding diaryl/α,β-unsaturated/α-hetero) is 1. The Labute approximate surface area is 154 Å². The number of allylic oxidation sites excluding steroid dienone is 1. The van der Waals surface area contributed by atoms with E-state index in [9.17, 15) is 24.9 Å². The molecule has 4 aliphatic carbocycles. The number of ketones is 2. The first kappa shape index (κ1) is 18.3. The topological polar surface area (TPSA) is 94.8 Å². The lowest BCUT2D eigenvalue weighted by atomic mass is 9.45. The molecule has 0 saturated heterocycles. The van der Waals surface area contributed by atoms with Crippen LogP contribution in [0.2, 0.25) is 0 Å². The molecular formula is C21H30O5. The van der Waals surface area contributed by atoms with Crippen LogP contribution in [0.4, 0.5) is 0 Å². The lowest BCUT2D eigenvalue weighted by Crippen LogP contribution is -2.62.